The second kappa shape index (κ2) is 7.71. The molecule has 0 amide bonds. The lowest BCUT2D eigenvalue weighted by molar-refractivity contribution is 0.349. The topological polar surface area (TPSA) is 30.8 Å². The van der Waals surface area contributed by atoms with Gasteiger partial charge in [-0.1, -0.05) is 30.4 Å². The quantitative estimate of drug-likeness (QED) is 0.705. The van der Waals surface area contributed by atoms with Crippen molar-refractivity contribution in [1.82, 2.24) is 0 Å². The molecule has 0 unspecified atom stereocenters. The number of allylic oxidation sites excluding steroid dienone is 3. The first kappa shape index (κ1) is 12.9. The average Bonchev–Trinajstić information content (AvgIpc) is 2.45. The van der Waals surface area contributed by atoms with E-state index in [0.29, 0.717) is 6.61 Å². The predicted octanol–water partition coefficient (Wildman–Crippen LogP) is 3.72. The Bertz CT molecular complexity index is 539. The lowest BCUT2D eigenvalue weighted by Crippen LogP contribution is -1.95. The minimum atomic E-state index is 0.461. The van der Waals surface area contributed by atoms with Gasteiger partial charge < -0.3 is 9.47 Å². The van der Waals surface area contributed by atoms with Crippen LogP contribution < -0.4 is 4.74 Å². The van der Waals surface area contributed by atoms with Crippen LogP contribution in [-0.2, 0) is 4.74 Å². The maximum Gasteiger partial charge on any atom is 0.126 e. The number of fused-ring (bicyclic) bond motifs is 1. The first-order valence-electron chi connectivity index (χ1n) is 6.00. The first-order valence-corrected chi connectivity index (χ1v) is 6.00. The van der Waals surface area contributed by atoms with Crippen LogP contribution in [0.4, 0.5) is 0 Å². The monoisotopic (exact) mass is 253 g/mol. The van der Waals surface area contributed by atoms with Crippen molar-refractivity contribution in [3.63, 3.8) is 0 Å². The van der Waals surface area contributed by atoms with Gasteiger partial charge in [-0.25, -0.2) is 0 Å². The van der Waals surface area contributed by atoms with Crippen LogP contribution in [0.1, 0.15) is 5.56 Å². The van der Waals surface area contributed by atoms with E-state index in [9.17, 15) is 0 Å². The lowest BCUT2D eigenvalue weighted by atomic mass is 10.2. The number of aliphatic imine (C=N–C) groups is 1. The maximum absolute atomic E-state index is 5.67. The summed E-state index contributed by atoms with van der Waals surface area (Å²) in [7, 11) is 0. The van der Waals surface area contributed by atoms with Gasteiger partial charge in [0.25, 0.3) is 0 Å². The molecule has 1 aromatic carbocycles. The third-order valence-corrected chi connectivity index (χ3v) is 2.32. The Balaban J connectivity index is 2.18. The van der Waals surface area contributed by atoms with Gasteiger partial charge in [-0.15, -0.1) is 0 Å². The van der Waals surface area contributed by atoms with Crippen LogP contribution in [0.5, 0.6) is 5.75 Å². The molecule has 0 aromatic heterocycles. The van der Waals surface area contributed by atoms with Crippen molar-refractivity contribution in [1.29, 1.82) is 0 Å². The van der Waals surface area contributed by atoms with E-state index in [0.717, 1.165) is 11.3 Å². The zero-order valence-corrected chi connectivity index (χ0v) is 10.5. The van der Waals surface area contributed by atoms with E-state index < -0.39 is 0 Å². The van der Waals surface area contributed by atoms with Gasteiger partial charge in [-0.3, -0.25) is 4.99 Å². The Morgan fingerprint density at radius 2 is 1.95 bits per heavy atom. The van der Waals surface area contributed by atoms with Gasteiger partial charge in [0.15, 0.2) is 0 Å². The zero-order chi connectivity index (χ0) is 13.2. The Kier molecular flexibility index (Phi) is 5.24. The molecule has 19 heavy (non-hydrogen) atoms. The van der Waals surface area contributed by atoms with Crippen LogP contribution in [-0.4, -0.2) is 12.8 Å². The molecule has 0 radical (unpaired) electrons. The fraction of sp³-hybridized carbons (Fsp3) is 0.0625. The van der Waals surface area contributed by atoms with E-state index in [1.165, 1.54) is 0 Å². The summed E-state index contributed by atoms with van der Waals surface area (Å²) in [4.78, 5) is 4.06. The molecule has 2 rings (SSSR count). The number of benzene rings is 1. The SMILES string of the molecule is C1=C\N=C/C=C\O/C=C\COc2ccccc2\C=C/1. The summed E-state index contributed by atoms with van der Waals surface area (Å²) in [5.41, 5.74) is 1.03. The summed E-state index contributed by atoms with van der Waals surface area (Å²) in [5, 5.41) is 0. The van der Waals surface area contributed by atoms with Crippen molar-refractivity contribution < 1.29 is 9.47 Å². The second-order valence-corrected chi connectivity index (χ2v) is 3.68. The van der Waals surface area contributed by atoms with E-state index in [-0.39, 0.29) is 0 Å². The molecule has 0 atom stereocenters. The molecule has 0 spiro atoms. The van der Waals surface area contributed by atoms with Crippen molar-refractivity contribution in [3.8, 4) is 5.75 Å². The van der Waals surface area contributed by atoms with E-state index >= 15 is 0 Å². The summed E-state index contributed by atoms with van der Waals surface area (Å²) in [5.74, 6) is 0.839. The van der Waals surface area contributed by atoms with Crippen LogP contribution in [0.15, 0.2) is 72.3 Å². The molecular weight excluding hydrogens is 238 g/mol. The van der Waals surface area contributed by atoms with Gasteiger partial charge >= 0.3 is 0 Å². The van der Waals surface area contributed by atoms with Crippen molar-refractivity contribution in [2.24, 2.45) is 4.99 Å². The van der Waals surface area contributed by atoms with Gasteiger partial charge in [-0.2, -0.15) is 0 Å². The number of hydrogen-bond acceptors (Lipinski definition) is 3. The van der Waals surface area contributed by atoms with Crippen LogP contribution in [0, 0.1) is 0 Å². The first-order chi connectivity index (χ1) is 9.47. The maximum atomic E-state index is 5.67. The molecule has 1 heterocycles. The molecule has 0 fully saturated rings. The van der Waals surface area contributed by atoms with E-state index in [1.807, 2.05) is 42.5 Å². The van der Waals surface area contributed by atoms with E-state index in [2.05, 4.69) is 4.99 Å². The second-order valence-electron chi connectivity index (χ2n) is 3.68. The van der Waals surface area contributed by atoms with E-state index in [4.69, 9.17) is 9.47 Å². The standard InChI is InChI=1S/C16H15NO2/c1-2-9-16-15(7-1)8-3-4-10-17-11-5-12-18-13-6-14-19-16/h1-13H,14H2/b8-3-,10-4-,12-5-,13-6-,17-11-. The summed E-state index contributed by atoms with van der Waals surface area (Å²) >= 11 is 0. The number of para-hydroxylation sites is 1. The minimum absolute atomic E-state index is 0.461. The molecular formula is C16H15NO2. The summed E-state index contributed by atoms with van der Waals surface area (Å²) in [6.07, 6.45) is 15.8. The summed E-state index contributed by atoms with van der Waals surface area (Å²) < 4.78 is 10.8. The van der Waals surface area contributed by atoms with Gasteiger partial charge in [0.1, 0.15) is 12.4 Å². The number of hydrogen-bond donors (Lipinski definition) is 0. The van der Waals surface area contributed by atoms with E-state index in [1.54, 1.807) is 37.1 Å². The Labute approximate surface area is 112 Å². The predicted molar refractivity (Wildman–Crippen MR) is 78.0 cm³/mol. The molecule has 0 aliphatic carbocycles. The van der Waals surface area contributed by atoms with Crippen molar-refractivity contribution in [3.05, 3.63) is 72.9 Å². The molecule has 0 bridgehead atoms. The molecule has 1 aliphatic heterocycles. The molecule has 1 aliphatic rings. The van der Waals surface area contributed by atoms with Crippen molar-refractivity contribution in [2.75, 3.05) is 6.61 Å². The lowest BCUT2D eigenvalue weighted by Gasteiger charge is -2.06. The molecule has 3 nitrogen and oxygen atoms in total. The summed E-state index contributed by atoms with van der Waals surface area (Å²) in [6, 6.07) is 7.87. The Morgan fingerprint density at radius 1 is 1.00 bits per heavy atom. The molecule has 0 N–H and O–H groups in total. The highest BCUT2D eigenvalue weighted by Gasteiger charge is 1.97. The Morgan fingerprint density at radius 3 is 2.95 bits per heavy atom. The van der Waals surface area contributed by atoms with Crippen LogP contribution in [0.2, 0.25) is 0 Å². The number of ether oxygens (including phenoxy) is 2. The molecule has 0 saturated carbocycles. The third kappa shape index (κ3) is 4.68. The third-order valence-electron chi connectivity index (χ3n) is 2.32. The van der Waals surface area contributed by atoms with Crippen LogP contribution in [0.25, 0.3) is 6.08 Å². The van der Waals surface area contributed by atoms with Crippen molar-refractivity contribution in [2.45, 2.75) is 0 Å². The van der Waals surface area contributed by atoms with Gasteiger partial charge in [0.2, 0.25) is 0 Å². The smallest absolute Gasteiger partial charge is 0.126 e. The normalized spacial score (nSPS) is 23.4. The van der Waals surface area contributed by atoms with Crippen LogP contribution in [0.3, 0.4) is 0 Å². The highest BCUT2D eigenvalue weighted by Crippen LogP contribution is 2.19. The number of rotatable bonds is 0. The Hall–Kier alpha value is -2.55. The number of nitrogens with zero attached hydrogens (tertiary/aromatic N) is 1. The molecule has 96 valence electrons. The minimum Gasteiger partial charge on any atom is -0.489 e. The molecule has 0 saturated heterocycles. The molecule has 3 heteroatoms. The van der Waals surface area contributed by atoms with Gasteiger partial charge in [0, 0.05) is 18.0 Å². The fourth-order valence-electron chi connectivity index (χ4n) is 1.47. The summed E-state index contributed by atoms with van der Waals surface area (Å²) in [6.45, 7) is 0.461. The zero-order valence-electron chi connectivity index (χ0n) is 10.5. The van der Waals surface area contributed by atoms with Crippen molar-refractivity contribution >= 4 is 12.3 Å². The highest BCUT2D eigenvalue weighted by atomic mass is 16.5. The fourth-order valence-corrected chi connectivity index (χ4v) is 1.47. The average molecular weight is 253 g/mol. The van der Waals surface area contributed by atoms with Crippen LogP contribution >= 0.6 is 0 Å². The largest absolute Gasteiger partial charge is 0.489 e. The van der Waals surface area contributed by atoms with Gasteiger partial charge in [0.05, 0.1) is 12.5 Å². The molecule has 1 aromatic rings. The van der Waals surface area contributed by atoms with Gasteiger partial charge in [-0.05, 0) is 24.3 Å². The highest BCUT2D eigenvalue weighted by molar-refractivity contribution is 5.71.